The van der Waals surface area contributed by atoms with Crippen molar-refractivity contribution in [1.82, 2.24) is 29.8 Å². The van der Waals surface area contributed by atoms with Gasteiger partial charge in [-0.3, -0.25) is 4.79 Å². The lowest BCUT2D eigenvalue weighted by atomic mass is 9.91. The third-order valence-corrected chi connectivity index (χ3v) is 10.0. The van der Waals surface area contributed by atoms with Gasteiger partial charge in [0.05, 0.1) is 18.4 Å². The molecule has 1 saturated heterocycles. The lowest BCUT2D eigenvalue weighted by Gasteiger charge is -2.33. The van der Waals surface area contributed by atoms with Crippen molar-refractivity contribution in [1.29, 1.82) is 0 Å². The Morgan fingerprint density at radius 3 is 2.09 bits per heavy atom. The maximum absolute atomic E-state index is 12.2. The molecular weight excluding hydrogens is 731 g/mol. The number of hydrogen-bond donors (Lipinski definition) is 6. The summed E-state index contributed by atoms with van der Waals surface area (Å²) in [6, 6.07) is 25.8. The van der Waals surface area contributed by atoms with Crippen LogP contribution in [0.25, 0.3) is 11.2 Å². The lowest BCUT2D eigenvalue weighted by Crippen LogP contribution is -2.42. The number of fused-ring (bicyclic) bond motifs is 1. The molecule has 0 radical (unpaired) electrons. The number of hydrogen-bond acceptors (Lipinski definition) is 11. The summed E-state index contributed by atoms with van der Waals surface area (Å²) in [6.07, 6.45) is -1.44. The minimum Gasteiger partial charge on any atom is -0.475 e. The number of alkyl halides is 3. The van der Waals surface area contributed by atoms with E-state index in [4.69, 9.17) is 24.9 Å². The molecule has 1 amide bonds. The molecule has 1 aliphatic carbocycles. The van der Waals surface area contributed by atoms with Crippen LogP contribution in [0.2, 0.25) is 0 Å². The number of pyridine rings is 1. The second kappa shape index (κ2) is 17.8. The summed E-state index contributed by atoms with van der Waals surface area (Å²) in [5.41, 5.74) is 3.47. The van der Waals surface area contributed by atoms with E-state index in [2.05, 4.69) is 74.4 Å². The Balaban J connectivity index is 0.000000695. The van der Waals surface area contributed by atoms with Crippen LogP contribution in [0, 0.1) is 0 Å². The number of aliphatic hydroxyl groups excluding tert-OH is 2. The van der Waals surface area contributed by atoms with Gasteiger partial charge in [0.15, 0.2) is 17.0 Å². The van der Waals surface area contributed by atoms with Crippen LogP contribution in [0.1, 0.15) is 55.7 Å². The maximum Gasteiger partial charge on any atom is 0.490 e. The highest BCUT2D eigenvalue weighted by Gasteiger charge is 2.44. The van der Waals surface area contributed by atoms with E-state index in [1.807, 2.05) is 41.1 Å². The minimum atomic E-state index is -5.08. The molecule has 14 nitrogen and oxygen atoms in total. The molecule has 296 valence electrons. The zero-order valence-electron chi connectivity index (χ0n) is 30.5. The second-order valence-corrected chi connectivity index (χ2v) is 13.7. The van der Waals surface area contributed by atoms with Crippen LogP contribution < -0.4 is 20.9 Å². The Labute approximate surface area is 320 Å². The summed E-state index contributed by atoms with van der Waals surface area (Å²) in [5.74, 6) is -0.853. The fraction of sp³-hybridized carbons (Fsp3) is 0.385. The van der Waals surface area contributed by atoms with E-state index >= 15 is 0 Å². The first kappa shape index (κ1) is 39.9. The third-order valence-electron chi connectivity index (χ3n) is 10.0. The van der Waals surface area contributed by atoms with Gasteiger partial charge in [-0.2, -0.15) is 23.1 Å². The number of nitrogens with one attached hydrogen (secondary N) is 3. The second-order valence-electron chi connectivity index (χ2n) is 13.7. The van der Waals surface area contributed by atoms with E-state index in [-0.39, 0.29) is 17.9 Å². The summed E-state index contributed by atoms with van der Waals surface area (Å²) in [7, 11) is 0. The van der Waals surface area contributed by atoms with Gasteiger partial charge in [-0.15, -0.1) is 0 Å². The van der Waals surface area contributed by atoms with Crippen molar-refractivity contribution >= 4 is 40.6 Å². The number of carboxylic acid groups (broad SMARTS) is 1. The van der Waals surface area contributed by atoms with Gasteiger partial charge >= 0.3 is 12.1 Å². The molecule has 2 aromatic carbocycles. The summed E-state index contributed by atoms with van der Waals surface area (Å²) < 4.78 is 33.6. The standard InChI is InChI=1S/C37H43N9O3.C2HF3O2/c1-2-31(47)42-28-21-29(34(49)33(28)48)46-23-40-32-35(39-22-27(24-11-5-3-6-12-24)25-13-7-4-8-14-25)43-37(44-36(32)46)41-26-16-19-45(20-17-26)30-15-9-10-18-38-30;3-2(4,5)1(6)7/h3-15,18,23,26-29,33-34,48-49H,2,16-17,19-22H2,1H3,(H,42,47)(H2,39,41,43,44);(H,6,7)/t28-,29+,33+,34-;/m0./s1. The number of aliphatic carboxylic acids is 1. The molecule has 0 unspecified atom stereocenters. The smallest absolute Gasteiger partial charge is 0.475 e. The van der Waals surface area contributed by atoms with E-state index in [1.54, 1.807) is 13.3 Å². The number of carbonyl (C=O) groups is 2. The van der Waals surface area contributed by atoms with Crippen molar-refractivity contribution in [3.63, 3.8) is 0 Å². The molecule has 1 saturated carbocycles. The third kappa shape index (κ3) is 9.52. The van der Waals surface area contributed by atoms with Crippen LogP contribution in [-0.2, 0) is 9.59 Å². The number of carbonyl (C=O) groups excluding carboxylic acids is 1. The molecule has 2 aliphatic rings. The Morgan fingerprint density at radius 1 is 0.893 bits per heavy atom. The molecular formula is C39H44F3N9O5. The van der Waals surface area contributed by atoms with E-state index in [9.17, 15) is 28.2 Å². The summed E-state index contributed by atoms with van der Waals surface area (Å²) in [6.45, 7) is 4.03. The van der Waals surface area contributed by atoms with Crippen LogP contribution in [-0.4, -0.2) is 102 Å². The average molecular weight is 776 g/mol. The predicted octanol–water partition coefficient (Wildman–Crippen LogP) is 4.74. The van der Waals surface area contributed by atoms with E-state index < -0.39 is 36.4 Å². The zero-order chi connectivity index (χ0) is 39.8. The topological polar surface area (TPSA) is 191 Å². The van der Waals surface area contributed by atoms with E-state index in [0.717, 1.165) is 31.7 Å². The molecule has 56 heavy (non-hydrogen) atoms. The molecule has 1 aliphatic heterocycles. The zero-order valence-corrected chi connectivity index (χ0v) is 30.5. The Kier molecular flexibility index (Phi) is 12.6. The number of benzene rings is 2. The van der Waals surface area contributed by atoms with Crippen molar-refractivity contribution in [2.24, 2.45) is 0 Å². The van der Waals surface area contributed by atoms with E-state index in [0.29, 0.717) is 42.3 Å². The quantitative estimate of drug-likeness (QED) is 0.108. The van der Waals surface area contributed by atoms with Gasteiger partial charge < -0.3 is 40.7 Å². The van der Waals surface area contributed by atoms with Crippen molar-refractivity contribution in [2.45, 2.75) is 75.0 Å². The highest BCUT2D eigenvalue weighted by molar-refractivity contribution is 5.84. The minimum absolute atomic E-state index is 0.0524. The molecule has 4 heterocycles. The number of halogens is 3. The molecule has 0 spiro atoms. The fourth-order valence-corrected chi connectivity index (χ4v) is 7.06. The summed E-state index contributed by atoms with van der Waals surface area (Å²) in [5, 5.41) is 39.2. The predicted molar refractivity (Wildman–Crippen MR) is 203 cm³/mol. The largest absolute Gasteiger partial charge is 0.490 e. The average Bonchev–Trinajstić information content (AvgIpc) is 3.75. The number of rotatable bonds is 11. The summed E-state index contributed by atoms with van der Waals surface area (Å²) in [4.78, 5) is 42.5. The molecule has 5 aromatic rings. The molecule has 7 rings (SSSR count). The van der Waals surface area contributed by atoms with Crippen LogP contribution in [0.3, 0.4) is 0 Å². The van der Waals surface area contributed by atoms with Crippen LogP contribution in [0.4, 0.5) is 30.8 Å². The highest BCUT2D eigenvalue weighted by atomic mass is 19.4. The fourth-order valence-electron chi connectivity index (χ4n) is 7.06. The molecule has 17 heteroatoms. The van der Waals surface area contributed by atoms with Gasteiger partial charge in [0, 0.05) is 44.2 Å². The molecule has 0 bridgehead atoms. The first-order valence-electron chi connectivity index (χ1n) is 18.4. The number of imidazole rings is 1. The number of anilines is 3. The van der Waals surface area contributed by atoms with Crippen molar-refractivity contribution in [2.75, 3.05) is 35.2 Å². The van der Waals surface area contributed by atoms with Gasteiger partial charge in [-0.05, 0) is 42.5 Å². The number of aliphatic hydroxyl groups is 2. The summed E-state index contributed by atoms with van der Waals surface area (Å²) >= 11 is 0. The highest BCUT2D eigenvalue weighted by Crippen LogP contribution is 2.35. The SMILES string of the molecule is CCC(=O)N[C@H]1C[C@@H](n2cnc3c(NCC(c4ccccc4)c4ccccc4)nc(NC4CCN(c5ccccn5)CC4)nc32)[C@H](O)[C@@H]1O.O=C(O)C(F)(F)F. The van der Waals surface area contributed by atoms with Crippen LogP contribution in [0.5, 0.6) is 0 Å². The van der Waals surface area contributed by atoms with Gasteiger partial charge in [-0.1, -0.05) is 73.7 Å². The molecule has 3 aromatic heterocycles. The Morgan fingerprint density at radius 2 is 1.52 bits per heavy atom. The first-order chi connectivity index (χ1) is 26.9. The normalized spacial score (nSPS) is 20.0. The molecule has 6 N–H and O–H groups in total. The molecule has 4 atom stereocenters. The van der Waals surface area contributed by atoms with Gasteiger partial charge in [-0.25, -0.2) is 14.8 Å². The van der Waals surface area contributed by atoms with Crippen molar-refractivity contribution in [3.8, 4) is 0 Å². The Hall–Kier alpha value is -5.81. The number of aromatic nitrogens is 5. The lowest BCUT2D eigenvalue weighted by molar-refractivity contribution is -0.192. The first-order valence-corrected chi connectivity index (χ1v) is 18.4. The monoisotopic (exact) mass is 775 g/mol. The van der Waals surface area contributed by atoms with Gasteiger partial charge in [0.2, 0.25) is 11.9 Å². The van der Waals surface area contributed by atoms with E-state index in [1.165, 1.54) is 11.1 Å². The number of piperidine rings is 1. The number of carboxylic acids is 1. The van der Waals surface area contributed by atoms with Gasteiger partial charge in [0.1, 0.15) is 18.0 Å². The number of amides is 1. The van der Waals surface area contributed by atoms with Crippen molar-refractivity contribution < 1.29 is 38.1 Å². The van der Waals surface area contributed by atoms with Crippen LogP contribution in [0.15, 0.2) is 91.4 Å². The number of nitrogens with zero attached hydrogens (tertiary/aromatic N) is 6. The molecule has 2 fully saturated rings. The maximum atomic E-state index is 12.2. The Bertz CT molecular complexity index is 2010. The van der Waals surface area contributed by atoms with Crippen LogP contribution >= 0.6 is 0 Å². The van der Waals surface area contributed by atoms with Gasteiger partial charge in [0.25, 0.3) is 0 Å². The van der Waals surface area contributed by atoms with Crippen molar-refractivity contribution in [3.05, 3.63) is 103 Å².